The van der Waals surface area contributed by atoms with E-state index in [1.165, 1.54) is 12.6 Å². The van der Waals surface area contributed by atoms with Crippen LogP contribution in [0.3, 0.4) is 0 Å². The third-order valence-electron chi connectivity index (χ3n) is 5.76. The summed E-state index contributed by atoms with van der Waals surface area (Å²) >= 11 is 0. The molecule has 0 aliphatic carbocycles. The van der Waals surface area contributed by atoms with Crippen molar-refractivity contribution in [2.24, 2.45) is 0 Å². The fraction of sp³-hybridized carbons (Fsp3) is 0.400. The molecule has 4 atom stereocenters. The fourth-order valence-electron chi connectivity index (χ4n) is 3.93. The minimum absolute atomic E-state index is 0.109. The zero-order valence-electron chi connectivity index (χ0n) is 20.8. The van der Waals surface area contributed by atoms with Gasteiger partial charge in [0.25, 0.3) is 5.56 Å². The van der Waals surface area contributed by atoms with Crippen molar-refractivity contribution in [2.75, 3.05) is 6.61 Å². The molecule has 4 rings (SSSR count). The Hall–Kier alpha value is -2.76. The number of hydrogen-bond acceptors (Lipinski definition) is 9. The lowest BCUT2D eigenvalue weighted by molar-refractivity contribution is -0.0531. The lowest BCUT2D eigenvalue weighted by atomic mass is 10.0. The van der Waals surface area contributed by atoms with Crippen LogP contribution in [-0.2, 0) is 15.8 Å². The van der Waals surface area contributed by atoms with E-state index < -0.39 is 51.0 Å². The van der Waals surface area contributed by atoms with Gasteiger partial charge in [0, 0.05) is 18.5 Å². The van der Waals surface area contributed by atoms with Crippen molar-refractivity contribution >= 4 is 8.60 Å². The van der Waals surface area contributed by atoms with Crippen LogP contribution in [0.1, 0.15) is 37.8 Å². The van der Waals surface area contributed by atoms with E-state index in [0.29, 0.717) is 5.69 Å². The minimum atomic E-state index is -2.68. The van der Waals surface area contributed by atoms with Crippen molar-refractivity contribution in [2.45, 2.75) is 58.3 Å². The van der Waals surface area contributed by atoms with Crippen molar-refractivity contribution in [1.29, 1.82) is 0 Å². The molecule has 0 saturated carbocycles. The van der Waals surface area contributed by atoms with E-state index in [1.807, 2.05) is 43.3 Å². The lowest BCUT2D eigenvalue weighted by Gasteiger charge is -2.19. The van der Waals surface area contributed by atoms with Gasteiger partial charge in [-0.3, -0.25) is 18.9 Å². The highest BCUT2D eigenvalue weighted by molar-refractivity contribution is 7.39. The summed E-state index contributed by atoms with van der Waals surface area (Å²) in [5.41, 5.74) is 1.90. The molecule has 37 heavy (non-hydrogen) atoms. The standard InChI is InChI=1S/C22H24N3O8P.C3H8/c1-13-15(14-5-3-2-4-6-14)7-9-23-16(13)11-25-18(26)8-10-24(22(25)29)21-20(28)19(27)17(33-21)12-32-34(30)31;1-3-2/h2-10,17,19-21,27-28,30-31H,11-12H2,1H3;3H2,1-2H3. The number of ether oxygens (including phenoxy) is 1. The van der Waals surface area contributed by atoms with Gasteiger partial charge in [0.15, 0.2) is 6.23 Å². The van der Waals surface area contributed by atoms with E-state index in [1.54, 1.807) is 6.20 Å². The quantitative estimate of drug-likeness (QED) is 0.332. The molecule has 1 saturated heterocycles. The highest BCUT2D eigenvalue weighted by Gasteiger charge is 2.44. The van der Waals surface area contributed by atoms with E-state index in [9.17, 15) is 19.8 Å². The predicted octanol–water partition coefficient (Wildman–Crippen LogP) is 1.69. The molecule has 3 heterocycles. The van der Waals surface area contributed by atoms with Gasteiger partial charge < -0.3 is 29.3 Å². The molecule has 0 radical (unpaired) electrons. The monoisotopic (exact) mass is 533 g/mol. The summed E-state index contributed by atoms with van der Waals surface area (Å²) in [5, 5.41) is 20.6. The Morgan fingerprint density at radius 3 is 2.38 bits per heavy atom. The fourth-order valence-corrected chi connectivity index (χ4v) is 4.21. The zero-order valence-corrected chi connectivity index (χ0v) is 21.7. The Morgan fingerprint density at radius 1 is 1.05 bits per heavy atom. The molecule has 2 aromatic heterocycles. The van der Waals surface area contributed by atoms with Gasteiger partial charge in [-0.2, -0.15) is 0 Å². The largest absolute Gasteiger partial charge is 0.387 e. The first-order chi connectivity index (χ1) is 17.7. The summed E-state index contributed by atoms with van der Waals surface area (Å²) in [7, 11) is -2.68. The molecule has 0 bridgehead atoms. The summed E-state index contributed by atoms with van der Waals surface area (Å²) in [6.45, 7) is 5.60. The highest BCUT2D eigenvalue weighted by Crippen LogP contribution is 2.32. The first-order valence-corrected chi connectivity index (χ1v) is 13.0. The Balaban J connectivity index is 0.00000121. The predicted molar refractivity (Wildman–Crippen MR) is 138 cm³/mol. The van der Waals surface area contributed by atoms with Crippen LogP contribution in [-0.4, -0.2) is 59.0 Å². The molecule has 3 aromatic rings. The minimum Gasteiger partial charge on any atom is -0.387 e. The molecule has 0 amide bonds. The van der Waals surface area contributed by atoms with Crippen LogP contribution < -0.4 is 11.2 Å². The second kappa shape index (κ2) is 13.2. The molecule has 4 N–H and O–H groups in total. The number of nitrogens with zero attached hydrogens (tertiary/aromatic N) is 3. The molecule has 1 fully saturated rings. The lowest BCUT2D eigenvalue weighted by Crippen LogP contribution is -2.43. The Labute approximate surface area is 215 Å². The van der Waals surface area contributed by atoms with E-state index in [4.69, 9.17) is 14.5 Å². The van der Waals surface area contributed by atoms with Crippen LogP contribution in [0.15, 0.2) is 64.4 Å². The molecule has 11 nitrogen and oxygen atoms in total. The Morgan fingerprint density at radius 2 is 1.73 bits per heavy atom. The number of pyridine rings is 1. The number of hydrogen-bond donors (Lipinski definition) is 4. The van der Waals surface area contributed by atoms with Gasteiger partial charge >= 0.3 is 14.3 Å². The topological polar surface area (TPSA) is 156 Å². The number of aliphatic hydroxyl groups is 2. The van der Waals surface area contributed by atoms with Crippen LogP contribution in [0.25, 0.3) is 11.1 Å². The first kappa shape index (κ1) is 28.8. The van der Waals surface area contributed by atoms with Gasteiger partial charge in [-0.25, -0.2) is 4.79 Å². The maximum atomic E-state index is 13.2. The van der Waals surface area contributed by atoms with Crippen LogP contribution >= 0.6 is 8.60 Å². The highest BCUT2D eigenvalue weighted by atomic mass is 31.2. The number of benzene rings is 1. The van der Waals surface area contributed by atoms with Gasteiger partial charge in [-0.15, -0.1) is 0 Å². The van der Waals surface area contributed by atoms with Crippen LogP contribution in [0, 0.1) is 6.92 Å². The SMILES string of the molecule is CCC.Cc1c(-c2ccccc2)ccnc1Cn1c(=O)ccn(C2OC(COP(O)O)C(O)C2O)c1=O. The van der Waals surface area contributed by atoms with Gasteiger partial charge in [-0.05, 0) is 29.7 Å². The second-order valence-electron chi connectivity index (χ2n) is 8.53. The third-order valence-corrected chi connectivity index (χ3v) is 6.14. The molecule has 12 heteroatoms. The van der Waals surface area contributed by atoms with Crippen molar-refractivity contribution in [3.05, 3.63) is 87.0 Å². The summed E-state index contributed by atoms with van der Waals surface area (Å²) < 4.78 is 12.2. The molecular weight excluding hydrogens is 501 g/mol. The molecule has 200 valence electrons. The van der Waals surface area contributed by atoms with Gasteiger partial charge in [0.1, 0.15) is 18.3 Å². The van der Waals surface area contributed by atoms with Crippen LogP contribution in [0.4, 0.5) is 0 Å². The molecule has 4 unspecified atom stereocenters. The molecular formula is C25H32N3O8P. The van der Waals surface area contributed by atoms with Gasteiger partial charge in [0.05, 0.1) is 18.8 Å². The van der Waals surface area contributed by atoms with Crippen molar-refractivity contribution < 1.29 is 29.3 Å². The number of aromatic nitrogens is 3. The van der Waals surface area contributed by atoms with Crippen LogP contribution in [0.2, 0.25) is 0 Å². The van der Waals surface area contributed by atoms with Crippen molar-refractivity contribution in [3.63, 3.8) is 0 Å². The van der Waals surface area contributed by atoms with E-state index >= 15 is 0 Å². The maximum Gasteiger partial charge on any atom is 0.333 e. The second-order valence-corrected chi connectivity index (χ2v) is 9.29. The smallest absolute Gasteiger partial charge is 0.333 e. The summed E-state index contributed by atoms with van der Waals surface area (Å²) in [6.07, 6.45) is -1.34. The average molecular weight is 534 g/mol. The van der Waals surface area contributed by atoms with Crippen molar-refractivity contribution in [3.8, 4) is 11.1 Å². The van der Waals surface area contributed by atoms with Gasteiger partial charge in [0.2, 0.25) is 0 Å². The summed E-state index contributed by atoms with van der Waals surface area (Å²) in [6, 6.07) is 12.7. The Bertz CT molecular complexity index is 1280. The van der Waals surface area contributed by atoms with Gasteiger partial charge in [-0.1, -0.05) is 50.6 Å². The molecule has 0 spiro atoms. The van der Waals surface area contributed by atoms with Crippen molar-refractivity contribution in [1.82, 2.24) is 14.1 Å². The number of aliphatic hydroxyl groups excluding tert-OH is 2. The average Bonchev–Trinajstić information content (AvgIpc) is 3.16. The number of rotatable bonds is 7. The third kappa shape index (κ3) is 6.77. The normalized spacial score (nSPS) is 21.1. The van der Waals surface area contributed by atoms with E-state index in [0.717, 1.165) is 31.9 Å². The van der Waals surface area contributed by atoms with E-state index in [-0.39, 0.29) is 6.54 Å². The Kier molecular flexibility index (Phi) is 10.2. The molecule has 1 aliphatic heterocycles. The summed E-state index contributed by atoms with van der Waals surface area (Å²) in [4.78, 5) is 47.9. The van der Waals surface area contributed by atoms with E-state index in [2.05, 4.69) is 23.4 Å². The first-order valence-electron chi connectivity index (χ1n) is 11.8. The zero-order chi connectivity index (χ0) is 27.1. The summed E-state index contributed by atoms with van der Waals surface area (Å²) in [5.74, 6) is 0. The van der Waals surface area contributed by atoms with Crippen LogP contribution in [0.5, 0.6) is 0 Å². The maximum absolute atomic E-state index is 13.2. The molecule has 1 aliphatic rings. The molecule has 1 aromatic carbocycles.